The van der Waals surface area contributed by atoms with Crippen LogP contribution in [0.25, 0.3) is 11.1 Å². The number of benzene rings is 2. The van der Waals surface area contributed by atoms with Gasteiger partial charge in [-0.15, -0.1) is 0 Å². The first-order valence-corrected chi connectivity index (χ1v) is 5.10. The maximum absolute atomic E-state index is 12.6. The molecule has 0 aliphatic heterocycles. The van der Waals surface area contributed by atoms with Gasteiger partial charge in [0.25, 0.3) is 0 Å². The summed E-state index contributed by atoms with van der Waals surface area (Å²) in [6, 6.07) is 14.2. The molecule has 0 bridgehead atoms. The van der Waals surface area contributed by atoms with Gasteiger partial charge in [0.15, 0.2) is 0 Å². The largest absolute Gasteiger partial charge is 0.416 e. The second-order valence-corrected chi connectivity index (χ2v) is 3.66. The zero-order valence-electron chi connectivity index (χ0n) is 9.12. The van der Waals surface area contributed by atoms with Crippen LogP contribution in [0.1, 0.15) is 11.1 Å². The average Bonchev–Trinajstić information content (AvgIpc) is 2.38. The molecule has 18 heavy (non-hydrogen) atoms. The lowest BCUT2D eigenvalue weighted by Gasteiger charge is -2.09. The van der Waals surface area contributed by atoms with E-state index in [0.29, 0.717) is 16.7 Å². The Morgan fingerprint density at radius 1 is 1.17 bits per heavy atom. The van der Waals surface area contributed by atoms with E-state index in [0.717, 1.165) is 12.1 Å². The van der Waals surface area contributed by atoms with Crippen molar-refractivity contribution in [3.8, 4) is 17.2 Å². The van der Waals surface area contributed by atoms with Gasteiger partial charge >= 0.3 is 6.18 Å². The van der Waals surface area contributed by atoms with Crippen LogP contribution in [0.4, 0.5) is 13.2 Å². The summed E-state index contributed by atoms with van der Waals surface area (Å²) in [5.74, 6) is 0. The van der Waals surface area contributed by atoms with Crippen LogP contribution in [-0.4, -0.2) is 0 Å². The normalized spacial score (nSPS) is 11.0. The lowest BCUT2D eigenvalue weighted by molar-refractivity contribution is -0.137. The van der Waals surface area contributed by atoms with Crippen molar-refractivity contribution in [1.29, 1.82) is 5.26 Å². The molecule has 0 saturated heterocycles. The highest BCUT2D eigenvalue weighted by Gasteiger charge is 2.30. The van der Waals surface area contributed by atoms with Gasteiger partial charge in [-0.25, -0.2) is 0 Å². The van der Waals surface area contributed by atoms with Crippen LogP contribution < -0.4 is 0 Å². The van der Waals surface area contributed by atoms with Crippen LogP contribution in [0.3, 0.4) is 0 Å². The number of halogens is 3. The van der Waals surface area contributed by atoms with Crippen molar-refractivity contribution >= 4 is 0 Å². The molecule has 2 rings (SSSR count). The van der Waals surface area contributed by atoms with Gasteiger partial charge in [0.2, 0.25) is 0 Å². The molecule has 1 nitrogen and oxygen atoms in total. The van der Waals surface area contributed by atoms with Gasteiger partial charge in [0.05, 0.1) is 17.2 Å². The Kier molecular flexibility index (Phi) is 3.07. The van der Waals surface area contributed by atoms with Crippen molar-refractivity contribution in [2.75, 3.05) is 0 Å². The van der Waals surface area contributed by atoms with Crippen molar-refractivity contribution in [2.24, 2.45) is 0 Å². The van der Waals surface area contributed by atoms with E-state index >= 15 is 0 Å². The van der Waals surface area contributed by atoms with Gasteiger partial charge in [-0.1, -0.05) is 24.3 Å². The Balaban J connectivity index is 2.56. The molecule has 4 heteroatoms. The van der Waals surface area contributed by atoms with Crippen LogP contribution in [0.5, 0.6) is 0 Å². The van der Waals surface area contributed by atoms with Crippen LogP contribution in [0.15, 0.2) is 42.5 Å². The van der Waals surface area contributed by atoms with Crippen molar-refractivity contribution in [1.82, 2.24) is 0 Å². The molecule has 1 radical (unpaired) electrons. The van der Waals surface area contributed by atoms with Gasteiger partial charge in [-0.2, -0.15) is 18.4 Å². The zero-order chi connectivity index (χ0) is 13.2. The first-order valence-electron chi connectivity index (χ1n) is 5.10. The smallest absolute Gasteiger partial charge is 0.192 e. The summed E-state index contributed by atoms with van der Waals surface area (Å²) >= 11 is 0. The van der Waals surface area contributed by atoms with E-state index < -0.39 is 11.7 Å². The third kappa shape index (κ3) is 2.35. The summed E-state index contributed by atoms with van der Waals surface area (Å²) in [5, 5.41) is 8.92. The Bertz CT molecular complexity index is 609. The minimum absolute atomic E-state index is 0.303. The number of hydrogen-bond acceptors (Lipinski definition) is 1. The van der Waals surface area contributed by atoms with E-state index in [1.54, 1.807) is 18.2 Å². The minimum Gasteiger partial charge on any atom is -0.192 e. The third-order valence-corrected chi connectivity index (χ3v) is 2.49. The second kappa shape index (κ2) is 4.53. The number of nitriles is 1. The van der Waals surface area contributed by atoms with Gasteiger partial charge in [-0.3, -0.25) is 0 Å². The van der Waals surface area contributed by atoms with E-state index in [2.05, 4.69) is 6.07 Å². The van der Waals surface area contributed by atoms with Gasteiger partial charge in [-0.05, 0) is 35.4 Å². The molecular formula is C14H7F3N. The Morgan fingerprint density at radius 3 is 2.61 bits per heavy atom. The summed E-state index contributed by atoms with van der Waals surface area (Å²) in [5.41, 5.74) is 0.422. The monoisotopic (exact) mass is 246 g/mol. The number of alkyl halides is 3. The summed E-state index contributed by atoms with van der Waals surface area (Å²) < 4.78 is 37.8. The predicted octanol–water partition coefficient (Wildman–Crippen LogP) is 4.04. The van der Waals surface area contributed by atoms with Crippen LogP contribution in [-0.2, 0) is 6.18 Å². The minimum atomic E-state index is -4.39. The fourth-order valence-electron chi connectivity index (χ4n) is 1.64. The summed E-state index contributed by atoms with van der Waals surface area (Å²) in [6.07, 6.45) is -4.39. The van der Waals surface area contributed by atoms with Crippen molar-refractivity contribution in [2.45, 2.75) is 6.18 Å². The van der Waals surface area contributed by atoms with Crippen molar-refractivity contribution in [3.05, 3.63) is 59.7 Å². The fraction of sp³-hybridized carbons (Fsp3) is 0.0714. The standard InChI is InChI=1S/C14H7F3N/c15-14(16,17)12-6-3-5-10(8-12)13-7-2-1-4-11(13)9-18/h2-8H. The molecule has 0 aromatic heterocycles. The first kappa shape index (κ1) is 12.2. The topological polar surface area (TPSA) is 23.8 Å². The molecule has 0 saturated carbocycles. The molecule has 0 atom stereocenters. The van der Waals surface area contributed by atoms with Crippen LogP contribution >= 0.6 is 0 Å². The summed E-state index contributed by atoms with van der Waals surface area (Å²) in [7, 11) is 0. The molecule has 2 aromatic rings. The molecule has 89 valence electrons. The Morgan fingerprint density at radius 2 is 1.94 bits per heavy atom. The Hall–Kier alpha value is -2.28. The number of nitrogens with zero attached hydrogens (tertiary/aromatic N) is 1. The summed E-state index contributed by atoms with van der Waals surface area (Å²) in [6.45, 7) is 0. The molecular weight excluding hydrogens is 239 g/mol. The molecule has 0 fully saturated rings. The molecule has 2 aromatic carbocycles. The molecule has 0 spiro atoms. The highest BCUT2D eigenvalue weighted by atomic mass is 19.4. The van der Waals surface area contributed by atoms with Gasteiger partial charge in [0, 0.05) is 0 Å². The first-order chi connectivity index (χ1) is 8.52. The lowest BCUT2D eigenvalue weighted by Crippen LogP contribution is -2.04. The van der Waals surface area contributed by atoms with Crippen molar-refractivity contribution in [3.63, 3.8) is 0 Å². The average molecular weight is 246 g/mol. The van der Waals surface area contributed by atoms with Gasteiger partial charge < -0.3 is 0 Å². The maximum atomic E-state index is 12.6. The van der Waals surface area contributed by atoms with Gasteiger partial charge in [0.1, 0.15) is 0 Å². The van der Waals surface area contributed by atoms with E-state index in [1.165, 1.54) is 12.1 Å². The Labute approximate surface area is 102 Å². The second-order valence-electron chi connectivity index (χ2n) is 3.66. The highest BCUT2D eigenvalue weighted by molar-refractivity contribution is 5.70. The third-order valence-electron chi connectivity index (χ3n) is 2.49. The SMILES string of the molecule is N#Cc1c[c]ccc1-c1cccc(C(F)(F)F)c1. The van der Waals surface area contributed by atoms with E-state index in [4.69, 9.17) is 5.26 Å². The molecule has 0 heterocycles. The quantitative estimate of drug-likeness (QED) is 0.744. The van der Waals surface area contributed by atoms with Crippen LogP contribution in [0.2, 0.25) is 0 Å². The molecule has 0 unspecified atom stereocenters. The van der Waals surface area contributed by atoms with Crippen molar-refractivity contribution < 1.29 is 13.2 Å². The zero-order valence-corrected chi connectivity index (χ0v) is 9.12. The molecule has 0 N–H and O–H groups in total. The maximum Gasteiger partial charge on any atom is 0.416 e. The summed E-state index contributed by atoms with van der Waals surface area (Å²) in [4.78, 5) is 0. The van der Waals surface area contributed by atoms with E-state index in [9.17, 15) is 13.2 Å². The fourth-order valence-corrected chi connectivity index (χ4v) is 1.64. The lowest BCUT2D eigenvalue weighted by atomic mass is 9.99. The predicted molar refractivity (Wildman–Crippen MR) is 60.4 cm³/mol. The van der Waals surface area contributed by atoms with E-state index in [1.807, 2.05) is 6.07 Å². The molecule has 0 aliphatic carbocycles. The molecule has 0 amide bonds. The number of rotatable bonds is 1. The van der Waals surface area contributed by atoms with E-state index in [-0.39, 0.29) is 0 Å². The van der Waals surface area contributed by atoms with Crippen LogP contribution in [0, 0.1) is 17.4 Å². The highest BCUT2D eigenvalue weighted by Crippen LogP contribution is 2.32. The molecule has 0 aliphatic rings. The number of hydrogen-bond donors (Lipinski definition) is 0.